The fourth-order valence-corrected chi connectivity index (χ4v) is 0.379. The first-order chi connectivity index (χ1) is 3.48. The topological polar surface area (TPSA) is 17.1 Å². The smallest absolute Gasteiger partial charge is 0.290 e. The van der Waals surface area contributed by atoms with E-state index in [1.54, 1.807) is 0 Å². The standard InChI is InChI=1S/C3H2Cl2F2O/c4-1-2(8)3(5,6)7/h1H2. The molecule has 48 valence electrons. The lowest BCUT2D eigenvalue weighted by Crippen LogP contribution is -2.22. The van der Waals surface area contributed by atoms with Gasteiger partial charge in [0.1, 0.15) is 0 Å². The van der Waals surface area contributed by atoms with Crippen molar-refractivity contribution in [2.45, 2.75) is 5.38 Å². The highest BCUT2D eigenvalue weighted by molar-refractivity contribution is 6.39. The quantitative estimate of drug-likeness (QED) is 0.565. The molecule has 0 N–H and O–H groups in total. The van der Waals surface area contributed by atoms with Crippen LogP contribution in [0.4, 0.5) is 8.78 Å². The Morgan fingerprint density at radius 3 is 2.00 bits per heavy atom. The van der Waals surface area contributed by atoms with E-state index in [1.165, 1.54) is 0 Å². The summed E-state index contributed by atoms with van der Waals surface area (Å²) in [5, 5.41) is -3.79. The molecule has 0 radical (unpaired) electrons. The number of ketones is 1. The van der Waals surface area contributed by atoms with Crippen molar-refractivity contribution in [3.63, 3.8) is 0 Å². The summed E-state index contributed by atoms with van der Waals surface area (Å²) in [5.74, 6) is -2.22. The van der Waals surface area contributed by atoms with E-state index in [-0.39, 0.29) is 0 Å². The molecule has 0 saturated heterocycles. The van der Waals surface area contributed by atoms with Crippen LogP contribution in [-0.4, -0.2) is 17.0 Å². The van der Waals surface area contributed by atoms with Crippen LogP contribution in [0.3, 0.4) is 0 Å². The van der Waals surface area contributed by atoms with Gasteiger partial charge in [0.05, 0.1) is 5.88 Å². The average Bonchev–Trinajstić information content (AvgIpc) is 1.62. The maximum absolute atomic E-state index is 11.4. The largest absolute Gasteiger partial charge is 0.381 e. The number of carbonyl (C=O) groups is 1. The van der Waals surface area contributed by atoms with Crippen LogP contribution in [-0.2, 0) is 4.79 Å². The summed E-state index contributed by atoms with van der Waals surface area (Å²) in [6.45, 7) is 0. The summed E-state index contributed by atoms with van der Waals surface area (Å²) in [7, 11) is 0. The van der Waals surface area contributed by atoms with Crippen molar-refractivity contribution >= 4 is 29.0 Å². The number of halogens is 4. The summed E-state index contributed by atoms with van der Waals surface area (Å²) in [5.41, 5.74) is 0. The van der Waals surface area contributed by atoms with Crippen molar-refractivity contribution in [3.8, 4) is 0 Å². The molecular weight excluding hydrogens is 161 g/mol. The van der Waals surface area contributed by atoms with Gasteiger partial charge in [-0.2, -0.15) is 8.78 Å². The third kappa shape index (κ3) is 2.43. The summed E-state index contributed by atoms with van der Waals surface area (Å²) in [6, 6.07) is 0. The van der Waals surface area contributed by atoms with Crippen molar-refractivity contribution in [3.05, 3.63) is 0 Å². The fourth-order valence-electron chi connectivity index (χ4n) is 0.0758. The van der Waals surface area contributed by atoms with Gasteiger partial charge in [0.25, 0.3) is 0 Å². The van der Waals surface area contributed by atoms with Crippen molar-refractivity contribution < 1.29 is 13.6 Å². The summed E-state index contributed by atoms with van der Waals surface area (Å²) in [4.78, 5) is 9.82. The molecule has 0 rings (SSSR count). The minimum absolute atomic E-state index is 0.753. The van der Waals surface area contributed by atoms with E-state index in [2.05, 4.69) is 11.6 Å². The van der Waals surface area contributed by atoms with Crippen LogP contribution < -0.4 is 0 Å². The Bertz CT molecular complexity index is 97.9. The highest BCUT2D eigenvalue weighted by Gasteiger charge is 2.34. The molecule has 0 bridgehead atoms. The van der Waals surface area contributed by atoms with Crippen LogP contribution in [0, 0.1) is 0 Å². The molecule has 8 heavy (non-hydrogen) atoms. The number of alkyl halides is 4. The van der Waals surface area contributed by atoms with E-state index in [0.717, 1.165) is 0 Å². The minimum atomic E-state index is -3.79. The second-order valence-corrected chi connectivity index (χ2v) is 1.80. The molecule has 0 amide bonds. The van der Waals surface area contributed by atoms with Crippen LogP contribution in [0.25, 0.3) is 0 Å². The van der Waals surface area contributed by atoms with Crippen LogP contribution in [0.2, 0.25) is 0 Å². The second-order valence-electron chi connectivity index (χ2n) is 1.05. The molecule has 0 aliphatic rings. The predicted molar refractivity (Wildman–Crippen MR) is 26.5 cm³/mol. The van der Waals surface area contributed by atoms with Crippen molar-refractivity contribution in [1.82, 2.24) is 0 Å². The molecule has 0 aromatic carbocycles. The molecule has 0 heterocycles. The summed E-state index contributed by atoms with van der Waals surface area (Å²) in [6.07, 6.45) is 0. The SMILES string of the molecule is O=C(CCl)C(F)(F)Cl. The first-order valence-electron chi connectivity index (χ1n) is 1.64. The lowest BCUT2D eigenvalue weighted by molar-refractivity contribution is -0.130. The third-order valence-corrected chi connectivity index (χ3v) is 0.891. The van der Waals surface area contributed by atoms with Gasteiger partial charge in [0.2, 0.25) is 5.78 Å². The van der Waals surface area contributed by atoms with Gasteiger partial charge >= 0.3 is 5.38 Å². The van der Waals surface area contributed by atoms with Gasteiger partial charge in [-0.15, -0.1) is 11.6 Å². The van der Waals surface area contributed by atoms with E-state index in [4.69, 9.17) is 11.6 Å². The minimum Gasteiger partial charge on any atom is -0.290 e. The highest BCUT2D eigenvalue weighted by atomic mass is 35.5. The van der Waals surface area contributed by atoms with E-state index in [0.29, 0.717) is 0 Å². The number of rotatable bonds is 2. The maximum Gasteiger partial charge on any atom is 0.381 e. The van der Waals surface area contributed by atoms with Gasteiger partial charge in [-0.05, 0) is 11.6 Å². The van der Waals surface area contributed by atoms with Gasteiger partial charge in [-0.25, -0.2) is 0 Å². The van der Waals surface area contributed by atoms with Crippen molar-refractivity contribution in [2.75, 3.05) is 5.88 Å². The van der Waals surface area contributed by atoms with Gasteiger partial charge in [-0.3, -0.25) is 4.79 Å². The first kappa shape index (κ1) is 8.11. The number of hydrogen-bond donors (Lipinski definition) is 0. The predicted octanol–water partition coefficient (Wildman–Crippen LogP) is 1.63. The van der Waals surface area contributed by atoms with Gasteiger partial charge in [-0.1, -0.05) is 0 Å². The van der Waals surface area contributed by atoms with Crippen molar-refractivity contribution in [1.29, 1.82) is 0 Å². The molecule has 5 heteroatoms. The van der Waals surface area contributed by atoms with Gasteiger partial charge in [0, 0.05) is 0 Å². The number of hydrogen-bond acceptors (Lipinski definition) is 1. The zero-order valence-electron chi connectivity index (χ0n) is 3.63. The lowest BCUT2D eigenvalue weighted by atomic mass is 10.5. The van der Waals surface area contributed by atoms with Crippen LogP contribution in [0.5, 0.6) is 0 Å². The molecule has 0 spiro atoms. The van der Waals surface area contributed by atoms with E-state index in [9.17, 15) is 13.6 Å². The molecule has 0 aromatic heterocycles. The van der Waals surface area contributed by atoms with E-state index >= 15 is 0 Å². The summed E-state index contributed by atoms with van der Waals surface area (Å²) >= 11 is 8.94. The summed E-state index contributed by atoms with van der Waals surface area (Å²) < 4.78 is 22.9. The fraction of sp³-hybridized carbons (Fsp3) is 0.667. The Hall–Kier alpha value is 0.110. The molecule has 0 saturated carbocycles. The van der Waals surface area contributed by atoms with Crippen LogP contribution in [0.1, 0.15) is 0 Å². The Kier molecular flexibility index (Phi) is 2.63. The maximum atomic E-state index is 11.4. The molecular formula is C3H2Cl2F2O. The first-order valence-corrected chi connectivity index (χ1v) is 2.55. The third-order valence-electron chi connectivity index (χ3n) is 0.438. The average molecular weight is 163 g/mol. The molecule has 1 nitrogen and oxygen atoms in total. The lowest BCUT2D eigenvalue weighted by Gasteiger charge is -2.00. The Balaban J connectivity index is 3.82. The van der Waals surface area contributed by atoms with Crippen LogP contribution in [0.15, 0.2) is 0 Å². The zero-order chi connectivity index (χ0) is 6.78. The molecule has 0 atom stereocenters. The van der Waals surface area contributed by atoms with Gasteiger partial charge < -0.3 is 0 Å². The number of Topliss-reactive ketones (excluding diaryl/α,β-unsaturated/α-hetero) is 1. The zero-order valence-corrected chi connectivity index (χ0v) is 5.14. The molecule has 0 aliphatic carbocycles. The Morgan fingerprint density at radius 2 is 2.00 bits per heavy atom. The molecule has 0 unspecified atom stereocenters. The Labute approximate surface area is 54.6 Å². The molecule has 0 aliphatic heterocycles. The van der Waals surface area contributed by atoms with Crippen molar-refractivity contribution in [2.24, 2.45) is 0 Å². The number of carbonyl (C=O) groups excluding carboxylic acids is 1. The second kappa shape index (κ2) is 2.60. The normalized spacial score (nSPS) is 11.5. The molecule has 0 aromatic rings. The van der Waals surface area contributed by atoms with E-state index < -0.39 is 17.0 Å². The van der Waals surface area contributed by atoms with E-state index in [1.807, 2.05) is 0 Å². The van der Waals surface area contributed by atoms with Gasteiger partial charge in [0.15, 0.2) is 0 Å². The Morgan fingerprint density at radius 1 is 1.62 bits per heavy atom. The van der Waals surface area contributed by atoms with Crippen LogP contribution >= 0.6 is 23.2 Å². The monoisotopic (exact) mass is 162 g/mol. The highest BCUT2D eigenvalue weighted by Crippen LogP contribution is 2.19. The molecule has 0 fully saturated rings.